The molecule has 7 heteroatoms. The Morgan fingerprint density at radius 3 is 2.61 bits per heavy atom. The minimum Gasteiger partial charge on any atom is -0.486 e. The van der Waals surface area contributed by atoms with Crippen molar-refractivity contribution in [2.45, 2.75) is 19.4 Å². The number of amides is 2. The van der Waals surface area contributed by atoms with Gasteiger partial charge < -0.3 is 19.7 Å². The van der Waals surface area contributed by atoms with Gasteiger partial charge in [0.1, 0.15) is 19.0 Å². The molecule has 2 aromatic carbocycles. The van der Waals surface area contributed by atoms with E-state index in [4.69, 9.17) is 9.47 Å². The van der Waals surface area contributed by atoms with Gasteiger partial charge in [0.2, 0.25) is 11.8 Å². The smallest absolute Gasteiger partial charge is 0.227 e. The zero-order chi connectivity index (χ0) is 19.7. The van der Waals surface area contributed by atoms with Crippen molar-refractivity contribution in [1.29, 1.82) is 0 Å². The molecular weight excluding hydrogens is 363 g/mol. The highest BCUT2D eigenvalue weighted by atomic mass is 19.1. The van der Waals surface area contributed by atoms with Crippen molar-refractivity contribution in [3.05, 3.63) is 53.8 Å². The van der Waals surface area contributed by atoms with Crippen LogP contribution in [-0.2, 0) is 9.59 Å². The zero-order valence-corrected chi connectivity index (χ0v) is 15.5. The quantitative estimate of drug-likeness (QED) is 0.880. The van der Waals surface area contributed by atoms with Crippen LogP contribution < -0.4 is 19.7 Å². The molecular formula is C21H21FN2O4. The van der Waals surface area contributed by atoms with E-state index in [-0.39, 0.29) is 30.1 Å². The topological polar surface area (TPSA) is 67.9 Å². The second-order valence-electron chi connectivity index (χ2n) is 7.02. The number of hydrogen-bond acceptors (Lipinski definition) is 4. The predicted octanol–water partition coefficient (Wildman–Crippen LogP) is 2.83. The van der Waals surface area contributed by atoms with Crippen molar-refractivity contribution in [2.75, 3.05) is 24.7 Å². The summed E-state index contributed by atoms with van der Waals surface area (Å²) in [6.45, 7) is 3.11. The number of hydrogen-bond donors (Lipinski definition) is 1. The van der Waals surface area contributed by atoms with Crippen LogP contribution in [0.1, 0.15) is 24.9 Å². The first-order valence-electron chi connectivity index (χ1n) is 9.27. The molecule has 6 nitrogen and oxygen atoms in total. The number of nitrogens with one attached hydrogen (secondary N) is 1. The van der Waals surface area contributed by atoms with E-state index >= 15 is 0 Å². The molecule has 0 unspecified atom stereocenters. The maximum absolute atomic E-state index is 13.1. The molecule has 1 saturated heterocycles. The van der Waals surface area contributed by atoms with Crippen LogP contribution in [0.5, 0.6) is 11.5 Å². The fourth-order valence-electron chi connectivity index (χ4n) is 3.50. The number of carbonyl (C=O) groups is 2. The van der Waals surface area contributed by atoms with Gasteiger partial charge in [-0.25, -0.2) is 4.39 Å². The Morgan fingerprint density at radius 2 is 1.86 bits per heavy atom. The number of carbonyl (C=O) groups excluding carboxylic acids is 2. The predicted molar refractivity (Wildman–Crippen MR) is 101 cm³/mol. The van der Waals surface area contributed by atoms with Crippen LogP contribution in [-0.4, -0.2) is 31.6 Å². The molecule has 1 fully saturated rings. The number of anilines is 1. The van der Waals surface area contributed by atoms with Crippen molar-refractivity contribution < 1.29 is 23.5 Å². The summed E-state index contributed by atoms with van der Waals surface area (Å²) in [5.41, 5.74) is 1.50. The number of halogens is 1. The normalized spacial score (nSPS) is 19.4. The van der Waals surface area contributed by atoms with Gasteiger partial charge in [0, 0.05) is 24.7 Å². The molecule has 0 aliphatic carbocycles. The summed E-state index contributed by atoms with van der Waals surface area (Å²) in [7, 11) is 0. The molecule has 0 spiro atoms. The number of rotatable bonds is 4. The minimum atomic E-state index is -0.441. The molecule has 1 N–H and O–H groups in total. The molecule has 28 heavy (non-hydrogen) atoms. The number of fused-ring (bicyclic) bond motifs is 1. The number of benzene rings is 2. The van der Waals surface area contributed by atoms with Crippen LogP contribution in [0.3, 0.4) is 0 Å². The fraction of sp³-hybridized carbons (Fsp3) is 0.333. The van der Waals surface area contributed by atoms with E-state index in [1.807, 2.05) is 6.92 Å². The largest absolute Gasteiger partial charge is 0.486 e. The Labute approximate surface area is 162 Å². The zero-order valence-electron chi connectivity index (χ0n) is 15.5. The van der Waals surface area contributed by atoms with E-state index in [1.54, 1.807) is 35.2 Å². The molecule has 146 valence electrons. The highest BCUT2D eigenvalue weighted by molar-refractivity contribution is 6.00. The maximum Gasteiger partial charge on any atom is 0.227 e. The third-order valence-corrected chi connectivity index (χ3v) is 5.06. The second kappa shape index (κ2) is 7.50. The van der Waals surface area contributed by atoms with Crippen molar-refractivity contribution >= 4 is 17.5 Å². The third-order valence-electron chi connectivity index (χ3n) is 5.06. The van der Waals surface area contributed by atoms with E-state index in [1.165, 1.54) is 12.1 Å². The molecule has 4 rings (SSSR count). The van der Waals surface area contributed by atoms with Gasteiger partial charge in [-0.05, 0) is 36.8 Å². The Bertz CT molecular complexity index is 900. The average molecular weight is 384 g/mol. The Balaban J connectivity index is 1.42. The maximum atomic E-state index is 13.1. The highest BCUT2D eigenvalue weighted by Crippen LogP contribution is 2.36. The lowest BCUT2D eigenvalue weighted by molar-refractivity contribution is -0.126. The lowest BCUT2D eigenvalue weighted by Gasteiger charge is -2.22. The van der Waals surface area contributed by atoms with Crippen molar-refractivity contribution in [2.24, 2.45) is 5.92 Å². The van der Waals surface area contributed by atoms with Gasteiger partial charge in [0.05, 0.1) is 12.0 Å². The van der Waals surface area contributed by atoms with Crippen LogP contribution in [0.4, 0.5) is 10.1 Å². The molecule has 2 aliphatic rings. The van der Waals surface area contributed by atoms with E-state index in [0.717, 1.165) is 5.56 Å². The standard InChI is InChI=1S/C21H21FN2O4/c1-13(14-2-4-16(22)5-3-14)23-21(26)15-10-20(25)24(12-15)17-6-7-18-19(11-17)28-9-8-27-18/h2-7,11,13,15H,8-10,12H2,1H3,(H,23,26)/t13-,15+/m1/s1. The Morgan fingerprint density at radius 1 is 1.14 bits per heavy atom. The van der Waals surface area contributed by atoms with Crippen LogP contribution in [0.25, 0.3) is 0 Å². The molecule has 2 heterocycles. The first-order chi connectivity index (χ1) is 13.5. The first kappa shape index (κ1) is 18.3. The molecule has 2 amide bonds. The Hall–Kier alpha value is -3.09. The fourth-order valence-corrected chi connectivity index (χ4v) is 3.50. The van der Waals surface area contributed by atoms with Gasteiger partial charge in [0.25, 0.3) is 0 Å². The molecule has 0 saturated carbocycles. The molecule has 2 aliphatic heterocycles. The van der Waals surface area contributed by atoms with Gasteiger partial charge in [0.15, 0.2) is 11.5 Å². The number of ether oxygens (including phenoxy) is 2. The van der Waals surface area contributed by atoms with Crippen LogP contribution in [0, 0.1) is 11.7 Å². The summed E-state index contributed by atoms with van der Waals surface area (Å²) >= 11 is 0. The summed E-state index contributed by atoms with van der Waals surface area (Å²) in [4.78, 5) is 26.7. The van der Waals surface area contributed by atoms with Crippen molar-refractivity contribution in [3.63, 3.8) is 0 Å². The van der Waals surface area contributed by atoms with Crippen molar-refractivity contribution in [3.8, 4) is 11.5 Å². The van der Waals surface area contributed by atoms with Gasteiger partial charge in [-0.3, -0.25) is 9.59 Å². The third kappa shape index (κ3) is 3.65. The van der Waals surface area contributed by atoms with Crippen LogP contribution in [0.15, 0.2) is 42.5 Å². The average Bonchev–Trinajstić information content (AvgIpc) is 3.10. The summed E-state index contributed by atoms with van der Waals surface area (Å²) < 4.78 is 24.1. The molecule has 0 aromatic heterocycles. The van der Waals surface area contributed by atoms with Gasteiger partial charge >= 0.3 is 0 Å². The molecule has 0 bridgehead atoms. The van der Waals surface area contributed by atoms with Gasteiger partial charge in [-0.15, -0.1) is 0 Å². The van der Waals surface area contributed by atoms with Crippen LogP contribution >= 0.6 is 0 Å². The lowest BCUT2D eigenvalue weighted by atomic mass is 10.0. The minimum absolute atomic E-state index is 0.105. The summed E-state index contributed by atoms with van der Waals surface area (Å²) in [6, 6.07) is 11.1. The van der Waals surface area contributed by atoms with Crippen LogP contribution in [0.2, 0.25) is 0 Å². The summed E-state index contributed by atoms with van der Waals surface area (Å²) in [5, 5.41) is 2.92. The SMILES string of the molecule is C[C@@H](NC(=O)[C@H]1CC(=O)N(c2ccc3c(c2)OCCO3)C1)c1ccc(F)cc1. The Kier molecular flexibility index (Phi) is 4.90. The van der Waals surface area contributed by atoms with E-state index in [9.17, 15) is 14.0 Å². The van der Waals surface area contributed by atoms with Gasteiger partial charge in [-0.1, -0.05) is 12.1 Å². The second-order valence-corrected chi connectivity index (χ2v) is 7.02. The lowest BCUT2D eigenvalue weighted by Crippen LogP contribution is -2.34. The van der Waals surface area contributed by atoms with E-state index < -0.39 is 5.92 Å². The molecule has 2 aromatic rings. The molecule has 0 radical (unpaired) electrons. The summed E-state index contributed by atoms with van der Waals surface area (Å²) in [6.07, 6.45) is 0.149. The number of nitrogens with zero attached hydrogens (tertiary/aromatic N) is 1. The van der Waals surface area contributed by atoms with Crippen molar-refractivity contribution in [1.82, 2.24) is 5.32 Å². The first-order valence-corrected chi connectivity index (χ1v) is 9.27. The monoisotopic (exact) mass is 384 g/mol. The van der Waals surface area contributed by atoms with Gasteiger partial charge in [-0.2, -0.15) is 0 Å². The van der Waals surface area contributed by atoms with E-state index in [0.29, 0.717) is 36.9 Å². The highest BCUT2D eigenvalue weighted by Gasteiger charge is 2.36. The van der Waals surface area contributed by atoms with E-state index in [2.05, 4.69) is 5.32 Å². The molecule has 2 atom stereocenters. The summed E-state index contributed by atoms with van der Waals surface area (Å²) in [5.74, 6) is 0.206.